The molecule has 0 spiro atoms. The van der Waals surface area contributed by atoms with E-state index in [1.54, 1.807) is 6.07 Å². The number of anilines is 2. The van der Waals surface area contributed by atoms with Crippen LogP contribution >= 0.6 is 0 Å². The van der Waals surface area contributed by atoms with Gasteiger partial charge in [0.2, 0.25) is 5.91 Å². The maximum absolute atomic E-state index is 13.8. The van der Waals surface area contributed by atoms with E-state index >= 15 is 0 Å². The van der Waals surface area contributed by atoms with Gasteiger partial charge in [-0.2, -0.15) is 0 Å². The summed E-state index contributed by atoms with van der Waals surface area (Å²) in [5, 5.41) is 2.72. The van der Waals surface area contributed by atoms with Crippen LogP contribution in [-0.4, -0.2) is 27.6 Å². The van der Waals surface area contributed by atoms with Crippen molar-refractivity contribution in [2.45, 2.75) is 25.7 Å². The van der Waals surface area contributed by atoms with Gasteiger partial charge in [0, 0.05) is 23.1 Å². The van der Waals surface area contributed by atoms with Gasteiger partial charge in [0.15, 0.2) is 17.4 Å². The van der Waals surface area contributed by atoms with Crippen molar-refractivity contribution in [3.63, 3.8) is 0 Å². The highest BCUT2D eigenvalue weighted by atomic mass is 19.1. The number of carbonyl (C=O) groups is 1. The fourth-order valence-electron chi connectivity index (χ4n) is 4.38. The lowest BCUT2D eigenvalue weighted by Gasteiger charge is -2.12. The number of aryl methyl sites for hydroxylation is 1. The first-order valence-electron chi connectivity index (χ1n) is 10.4. The van der Waals surface area contributed by atoms with Gasteiger partial charge in [-0.15, -0.1) is 0 Å². The molecule has 8 heteroatoms. The molecule has 0 saturated carbocycles. The Morgan fingerprint density at radius 2 is 2.00 bits per heavy atom. The maximum Gasteiger partial charge on any atom is 0.228 e. The molecule has 7 nitrogen and oxygen atoms in total. The minimum absolute atomic E-state index is 0.133. The fraction of sp³-hybridized carbons (Fsp3) is 0.208. The fourth-order valence-corrected chi connectivity index (χ4v) is 4.38. The molecule has 2 aromatic carbocycles. The number of methoxy groups -OCH3 is 1. The summed E-state index contributed by atoms with van der Waals surface area (Å²) in [6.45, 7) is 0. The van der Waals surface area contributed by atoms with Crippen LogP contribution in [0.15, 0.2) is 48.8 Å². The summed E-state index contributed by atoms with van der Waals surface area (Å²) in [5.41, 5.74) is 12.6. The van der Waals surface area contributed by atoms with E-state index < -0.39 is 5.82 Å². The van der Waals surface area contributed by atoms with Crippen molar-refractivity contribution in [2.75, 3.05) is 18.2 Å². The average molecular weight is 431 g/mol. The number of rotatable bonds is 5. The Bertz CT molecular complexity index is 1330. The molecule has 5 rings (SSSR count). The van der Waals surface area contributed by atoms with Gasteiger partial charge in [0.25, 0.3) is 0 Å². The van der Waals surface area contributed by atoms with Crippen molar-refractivity contribution in [3.8, 4) is 11.4 Å². The third kappa shape index (κ3) is 3.43. The largest absolute Gasteiger partial charge is 0.494 e. The van der Waals surface area contributed by atoms with Crippen molar-refractivity contribution in [2.24, 2.45) is 0 Å². The lowest BCUT2D eigenvalue weighted by molar-refractivity contribution is -0.115. The van der Waals surface area contributed by atoms with E-state index in [0.29, 0.717) is 11.5 Å². The van der Waals surface area contributed by atoms with Crippen LogP contribution in [0.4, 0.5) is 15.9 Å². The van der Waals surface area contributed by atoms with E-state index in [1.165, 1.54) is 36.8 Å². The average Bonchev–Trinajstić information content (AvgIpc) is 3.36. The van der Waals surface area contributed by atoms with Gasteiger partial charge in [-0.25, -0.2) is 14.4 Å². The van der Waals surface area contributed by atoms with Crippen molar-refractivity contribution in [1.82, 2.24) is 14.5 Å². The molecular weight excluding hydrogens is 409 g/mol. The van der Waals surface area contributed by atoms with E-state index in [2.05, 4.69) is 19.9 Å². The van der Waals surface area contributed by atoms with Gasteiger partial charge in [0.1, 0.15) is 11.8 Å². The molecule has 0 saturated heterocycles. The molecule has 32 heavy (non-hydrogen) atoms. The Morgan fingerprint density at radius 3 is 2.75 bits per heavy atom. The Kier molecular flexibility index (Phi) is 4.97. The lowest BCUT2D eigenvalue weighted by atomic mass is 10.1. The van der Waals surface area contributed by atoms with Crippen LogP contribution in [0.5, 0.6) is 5.75 Å². The molecule has 0 aliphatic heterocycles. The first kappa shape index (κ1) is 20.0. The summed E-state index contributed by atoms with van der Waals surface area (Å²) in [4.78, 5) is 21.1. The first-order valence-corrected chi connectivity index (χ1v) is 10.4. The molecule has 0 atom stereocenters. The number of fused-ring (bicyclic) bond motifs is 3. The highest BCUT2D eigenvalue weighted by Crippen LogP contribution is 2.36. The number of aromatic nitrogens is 3. The molecule has 2 heterocycles. The summed E-state index contributed by atoms with van der Waals surface area (Å²) in [7, 11) is 1.40. The summed E-state index contributed by atoms with van der Waals surface area (Å²) >= 11 is 0. The van der Waals surface area contributed by atoms with Crippen LogP contribution in [0, 0.1) is 5.82 Å². The number of benzene rings is 2. The molecule has 0 fully saturated rings. The SMILES string of the molecule is COc1ccc(NC(=O)Cc2ccc(-n3c4c(c5ncnc(N)c53)CCC4)cc2)cc1F. The van der Waals surface area contributed by atoms with Gasteiger partial charge in [-0.05, 0) is 54.7 Å². The molecule has 1 aliphatic carbocycles. The number of nitrogens with zero attached hydrogens (tertiary/aromatic N) is 3. The zero-order valence-corrected chi connectivity index (χ0v) is 17.6. The number of ether oxygens (including phenoxy) is 1. The zero-order valence-electron chi connectivity index (χ0n) is 17.6. The highest BCUT2D eigenvalue weighted by molar-refractivity contribution is 5.93. The van der Waals surface area contributed by atoms with Crippen molar-refractivity contribution in [1.29, 1.82) is 0 Å². The van der Waals surface area contributed by atoms with Gasteiger partial charge in [-0.1, -0.05) is 12.1 Å². The second-order valence-corrected chi connectivity index (χ2v) is 7.81. The molecule has 162 valence electrons. The predicted molar refractivity (Wildman–Crippen MR) is 121 cm³/mol. The molecule has 2 aromatic heterocycles. The van der Waals surface area contributed by atoms with Crippen molar-refractivity contribution < 1.29 is 13.9 Å². The van der Waals surface area contributed by atoms with E-state index in [4.69, 9.17) is 10.5 Å². The quantitative estimate of drug-likeness (QED) is 0.501. The standard InChI is InChI=1S/C24H22FN5O2/c1-32-20-10-7-15(12-18(20)25)29-21(31)11-14-5-8-16(9-6-14)30-19-4-2-3-17(19)22-23(30)24(26)28-13-27-22/h5-10,12-13H,2-4,11H2,1H3,(H,29,31)(H2,26,27,28). The van der Waals surface area contributed by atoms with Gasteiger partial charge >= 0.3 is 0 Å². The second-order valence-electron chi connectivity index (χ2n) is 7.81. The van der Waals surface area contributed by atoms with Gasteiger partial charge in [0.05, 0.1) is 19.0 Å². The summed E-state index contributed by atoms with van der Waals surface area (Å²) in [6, 6.07) is 12.1. The number of carbonyl (C=O) groups excluding carboxylic acids is 1. The van der Waals surface area contributed by atoms with E-state index in [-0.39, 0.29) is 18.1 Å². The summed E-state index contributed by atoms with van der Waals surface area (Å²) in [5.74, 6) is -0.162. The monoisotopic (exact) mass is 431 g/mol. The Morgan fingerprint density at radius 1 is 1.19 bits per heavy atom. The van der Waals surface area contributed by atoms with E-state index in [9.17, 15) is 9.18 Å². The van der Waals surface area contributed by atoms with E-state index in [1.807, 2.05) is 24.3 Å². The number of nitrogen functional groups attached to an aromatic ring is 1. The van der Waals surface area contributed by atoms with Crippen LogP contribution in [0.2, 0.25) is 0 Å². The highest BCUT2D eigenvalue weighted by Gasteiger charge is 2.25. The molecule has 4 aromatic rings. The molecule has 3 N–H and O–H groups in total. The Labute approximate surface area is 184 Å². The van der Waals surface area contributed by atoms with Crippen molar-refractivity contribution in [3.05, 3.63) is 71.4 Å². The molecule has 1 amide bonds. The first-order chi connectivity index (χ1) is 15.5. The van der Waals surface area contributed by atoms with Crippen molar-refractivity contribution >= 4 is 28.4 Å². The van der Waals surface area contributed by atoms with Gasteiger partial charge < -0.3 is 20.4 Å². The van der Waals surface area contributed by atoms with E-state index in [0.717, 1.165) is 41.5 Å². The molecule has 0 radical (unpaired) electrons. The summed E-state index contributed by atoms with van der Waals surface area (Å²) in [6.07, 6.45) is 4.72. The third-order valence-corrected chi connectivity index (χ3v) is 5.81. The Hall–Kier alpha value is -3.94. The number of hydrogen-bond acceptors (Lipinski definition) is 5. The number of halogens is 1. The van der Waals surface area contributed by atoms with Crippen LogP contribution in [-0.2, 0) is 24.1 Å². The Balaban J connectivity index is 1.38. The van der Waals surface area contributed by atoms with Crippen LogP contribution in [0.1, 0.15) is 23.2 Å². The van der Waals surface area contributed by atoms with Crippen LogP contribution in [0.3, 0.4) is 0 Å². The molecule has 1 aliphatic rings. The molecule has 0 bridgehead atoms. The van der Waals surface area contributed by atoms with Crippen LogP contribution < -0.4 is 15.8 Å². The zero-order chi connectivity index (χ0) is 22.2. The van der Waals surface area contributed by atoms with Crippen LogP contribution in [0.25, 0.3) is 16.7 Å². The summed E-state index contributed by atoms with van der Waals surface area (Å²) < 4.78 is 20.9. The number of amides is 1. The lowest BCUT2D eigenvalue weighted by Crippen LogP contribution is -2.14. The smallest absolute Gasteiger partial charge is 0.228 e. The molecular formula is C24H22FN5O2. The topological polar surface area (TPSA) is 95.1 Å². The minimum atomic E-state index is -0.524. The number of nitrogens with two attached hydrogens (primary N) is 1. The maximum atomic E-state index is 13.8. The normalized spacial score (nSPS) is 12.7. The van der Waals surface area contributed by atoms with Gasteiger partial charge in [-0.3, -0.25) is 4.79 Å². The third-order valence-electron chi connectivity index (χ3n) is 5.81. The predicted octanol–water partition coefficient (Wildman–Crippen LogP) is 3.82. The minimum Gasteiger partial charge on any atom is -0.494 e. The molecule has 0 unspecified atom stereocenters. The second kappa shape index (κ2) is 7.96. The number of nitrogens with one attached hydrogen (secondary N) is 1. The number of hydrogen-bond donors (Lipinski definition) is 2.